The highest BCUT2D eigenvalue weighted by Gasteiger charge is 2.31. The summed E-state index contributed by atoms with van der Waals surface area (Å²) in [5.74, 6) is 1.21. The molecule has 1 heterocycles. The average molecular weight is 441 g/mol. The molecular formula is C22H24N4O4S. The summed E-state index contributed by atoms with van der Waals surface area (Å²) in [6, 6.07) is 13.9. The zero-order valence-corrected chi connectivity index (χ0v) is 18.1. The Morgan fingerprint density at radius 2 is 1.74 bits per heavy atom. The van der Waals surface area contributed by atoms with Gasteiger partial charge in [-0.25, -0.2) is 8.42 Å². The highest BCUT2D eigenvalue weighted by Crippen LogP contribution is 2.38. The summed E-state index contributed by atoms with van der Waals surface area (Å²) in [6.07, 6.45) is 2.14. The summed E-state index contributed by atoms with van der Waals surface area (Å²) in [7, 11) is -3.69. The van der Waals surface area contributed by atoms with Crippen molar-refractivity contribution >= 4 is 21.6 Å². The Balaban J connectivity index is 1.44. The van der Waals surface area contributed by atoms with Crippen molar-refractivity contribution in [2.75, 3.05) is 4.72 Å². The fourth-order valence-corrected chi connectivity index (χ4v) is 4.20. The first-order chi connectivity index (χ1) is 14.8. The first-order valence-electron chi connectivity index (χ1n) is 10.2. The summed E-state index contributed by atoms with van der Waals surface area (Å²) >= 11 is 0. The number of hydrogen-bond donors (Lipinski definition) is 2. The maximum absolute atomic E-state index is 12.8. The molecule has 1 aliphatic rings. The van der Waals surface area contributed by atoms with Gasteiger partial charge in [0.1, 0.15) is 6.04 Å². The standard InChI is InChI=1S/C22H24N4O4S/c1-14(2)19(22-24-20(25-30-22)15-8-9-15)23-21(27)16-10-12-17(13-11-16)26-31(28,29)18-6-4-3-5-7-18/h3-7,10-15,19,26H,8-9H2,1-2H3,(H,23,27). The van der Waals surface area contributed by atoms with Crippen molar-refractivity contribution in [1.82, 2.24) is 15.5 Å². The van der Waals surface area contributed by atoms with E-state index >= 15 is 0 Å². The van der Waals surface area contributed by atoms with Gasteiger partial charge in [-0.2, -0.15) is 4.98 Å². The molecule has 31 heavy (non-hydrogen) atoms. The number of sulfonamides is 1. The molecule has 2 N–H and O–H groups in total. The van der Waals surface area contributed by atoms with Crippen LogP contribution in [0, 0.1) is 5.92 Å². The van der Waals surface area contributed by atoms with E-state index in [0.29, 0.717) is 28.9 Å². The lowest BCUT2D eigenvalue weighted by Gasteiger charge is -2.18. The number of hydrogen-bond acceptors (Lipinski definition) is 6. The van der Waals surface area contributed by atoms with E-state index < -0.39 is 16.1 Å². The van der Waals surface area contributed by atoms with Crippen LogP contribution >= 0.6 is 0 Å². The first-order valence-corrected chi connectivity index (χ1v) is 11.6. The molecule has 4 rings (SSSR count). The van der Waals surface area contributed by atoms with E-state index in [-0.39, 0.29) is 16.7 Å². The van der Waals surface area contributed by atoms with Gasteiger partial charge in [0, 0.05) is 17.2 Å². The average Bonchev–Trinajstić information content (AvgIpc) is 3.50. The highest BCUT2D eigenvalue weighted by molar-refractivity contribution is 7.92. The zero-order valence-electron chi connectivity index (χ0n) is 17.3. The number of anilines is 1. The van der Waals surface area contributed by atoms with Crippen LogP contribution in [0.3, 0.4) is 0 Å². The molecule has 1 unspecified atom stereocenters. The fourth-order valence-electron chi connectivity index (χ4n) is 3.12. The van der Waals surface area contributed by atoms with Crippen molar-refractivity contribution in [3.05, 3.63) is 71.9 Å². The van der Waals surface area contributed by atoms with Crippen molar-refractivity contribution < 1.29 is 17.7 Å². The number of carbonyl (C=O) groups excluding carboxylic acids is 1. The smallest absolute Gasteiger partial charge is 0.261 e. The lowest BCUT2D eigenvalue weighted by Crippen LogP contribution is -2.32. The van der Waals surface area contributed by atoms with Crippen molar-refractivity contribution in [1.29, 1.82) is 0 Å². The molecule has 1 aromatic heterocycles. The van der Waals surface area contributed by atoms with Crippen LogP contribution < -0.4 is 10.0 Å². The summed E-state index contributed by atoms with van der Waals surface area (Å²) < 4.78 is 32.8. The third-order valence-electron chi connectivity index (χ3n) is 5.07. The van der Waals surface area contributed by atoms with Gasteiger partial charge in [0.15, 0.2) is 5.82 Å². The lowest BCUT2D eigenvalue weighted by atomic mass is 10.0. The number of amides is 1. The van der Waals surface area contributed by atoms with Crippen LogP contribution in [-0.2, 0) is 10.0 Å². The third-order valence-corrected chi connectivity index (χ3v) is 6.47. The molecule has 1 atom stereocenters. The molecule has 0 aliphatic heterocycles. The van der Waals surface area contributed by atoms with E-state index in [1.807, 2.05) is 13.8 Å². The number of nitrogens with one attached hydrogen (secondary N) is 2. The van der Waals surface area contributed by atoms with E-state index in [9.17, 15) is 13.2 Å². The summed E-state index contributed by atoms with van der Waals surface area (Å²) in [5.41, 5.74) is 0.766. The minimum absolute atomic E-state index is 0.0495. The minimum atomic E-state index is -3.69. The quantitative estimate of drug-likeness (QED) is 0.549. The van der Waals surface area contributed by atoms with Crippen LogP contribution in [-0.4, -0.2) is 24.5 Å². The second-order valence-corrected chi connectivity index (χ2v) is 9.64. The summed E-state index contributed by atoms with van der Waals surface area (Å²) in [5, 5.41) is 6.97. The molecule has 3 aromatic rings. The molecule has 1 amide bonds. The largest absolute Gasteiger partial charge is 0.340 e. The van der Waals surface area contributed by atoms with E-state index in [4.69, 9.17) is 4.52 Å². The normalized spacial score (nSPS) is 14.9. The molecule has 162 valence electrons. The molecule has 0 spiro atoms. The Kier molecular flexibility index (Phi) is 5.77. The van der Waals surface area contributed by atoms with Gasteiger partial charge in [-0.05, 0) is 55.2 Å². The Hall–Kier alpha value is -3.20. The van der Waals surface area contributed by atoms with Crippen molar-refractivity contribution in [3.8, 4) is 0 Å². The Bertz CT molecular complexity index is 1150. The van der Waals surface area contributed by atoms with Gasteiger partial charge in [-0.1, -0.05) is 37.2 Å². The summed E-state index contributed by atoms with van der Waals surface area (Å²) in [6.45, 7) is 3.93. The number of nitrogens with zero attached hydrogens (tertiary/aromatic N) is 2. The van der Waals surface area contributed by atoms with Gasteiger partial charge < -0.3 is 9.84 Å². The molecule has 1 saturated carbocycles. The molecular weight excluding hydrogens is 416 g/mol. The number of benzene rings is 2. The monoisotopic (exact) mass is 440 g/mol. The van der Waals surface area contributed by atoms with E-state index in [0.717, 1.165) is 12.8 Å². The lowest BCUT2D eigenvalue weighted by molar-refractivity contribution is 0.0914. The van der Waals surface area contributed by atoms with Crippen molar-refractivity contribution in [3.63, 3.8) is 0 Å². The molecule has 2 aromatic carbocycles. The maximum Gasteiger partial charge on any atom is 0.261 e. The van der Waals surface area contributed by atoms with Gasteiger partial charge in [0.25, 0.3) is 15.9 Å². The van der Waals surface area contributed by atoms with Crippen LogP contribution in [0.5, 0.6) is 0 Å². The minimum Gasteiger partial charge on any atom is -0.340 e. The van der Waals surface area contributed by atoms with Gasteiger partial charge in [0.05, 0.1) is 4.90 Å². The molecule has 1 fully saturated rings. The van der Waals surface area contributed by atoms with Crippen LogP contribution in [0.15, 0.2) is 64.0 Å². The molecule has 1 aliphatic carbocycles. The van der Waals surface area contributed by atoms with Crippen LogP contribution in [0.2, 0.25) is 0 Å². The van der Waals surface area contributed by atoms with Gasteiger partial charge in [-0.15, -0.1) is 0 Å². The molecule has 0 bridgehead atoms. The Labute approximate surface area is 181 Å². The number of aromatic nitrogens is 2. The third kappa shape index (κ3) is 4.93. The van der Waals surface area contributed by atoms with Crippen LogP contribution in [0.1, 0.15) is 60.7 Å². The van der Waals surface area contributed by atoms with Crippen molar-refractivity contribution in [2.24, 2.45) is 5.92 Å². The second-order valence-electron chi connectivity index (χ2n) is 7.96. The number of carbonyl (C=O) groups is 1. The Morgan fingerprint density at radius 3 is 2.35 bits per heavy atom. The summed E-state index contributed by atoms with van der Waals surface area (Å²) in [4.78, 5) is 17.4. The van der Waals surface area contributed by atoms with Gasteiger partial charge in [-0.3, -0.25) is 9.52 Å². The Morgan fingerprint density at radius 1 is 1.06 bits per heavy atom. The van der Waals surface area contributed by atoms with E-state index in [1.165, 1.54) is 12.1 Å². The first kappa shape index (κ1) is 21.0. The highest BCUT2D eigenvalue weighted by atomic mass is 32.2. The van der Waals surface area contributed by atoms with Crippen LogP contribution in [0.4, 0.5) is 5.69 Å². The predicted molar refractivity (Wildman–Crippen MR) is 115 cm³/mol. The number of rotatable bonds is 8. The maximum atomic E-state index is 12.8. The van der Waals surface area contributed by atoms with E-state index in [2.05, 4.69) is 20.2 Å². The fraction of sp³-hybridized carbons (Fsp3) is 0.318. The van der Waals surface area contributed by atoms with Gasteiger partial charge in [0.2, 0.25) is 5.89 Å². The predicted octanol–water partition coefficient (Wildman–Crippen LogP) is 3.87. The molecule has 9 heteroatoms. The molecule has 0 radical (unpaired) electrons. The van der Waals surface area contributed by atoms with Crippen molar-refractivity contribution in [2.45, 2.75) is 43.5 Å². The topological polar surface area (TPSA) is 114 Å². The molecule has 0 saturated heterocycles. The van der Waals surface area contributed by atoms with Gasteiger partial charge >= 0.3 is 0 Å². The molecule has 8 nitrogen and oxygen atoms in total. The SMILES string of the molecule is CC(C)C(NC(=O)c1ccc(NS(=O)(=O)c2ccccc2)cc1)c1nc(C2CC2)no1. The van der Waals surface area contributed by atoms with E-state index in [1.54, 1.807) is 42.5 Å². The zero-order chi connectivity index (χ0) is 22.0. The van der Waals surface area contributed by atoms with Crippen LogP contribution in [0.25, 0.3) is 0 Å². The second kappa shape index (κ2) is 8.50.